The quantitative estimate of drug-likeness (QED) is 0.814. The molecule has 2 saturated heterocycles. The van der Waals surface area contributed by atoms with Gasteiger partial charge in [-0.2, -0.15) is 0 Å². The predicted molar refractivity (Wildman–Crippen MR) is 71.2 cm³/mol. The van der Waals surface area contributed by atoms with Crippen LogP contribution < -0.4 is 5.32 Å². The highest BCUT2D eigenvalue weighted by atomic mass is 16.5. The van der Waals surface area contributed by atoms with Gasteiger partial charge in [0, 0.05) is 6.61 Å². The molecule has 0 radical (unpaired) electrons. The van der Waals surface area contributed by atoms with E-state index < -0.39 is 0 Å². The van der Waals surface area contributed by atoms with Gasteiger partial charge in [0.25, 0.3) is 0 Å². The van der Waals surface area contributed by atoms with E-state index in [1.165, 1.54) is 0 Å². The van der Waals surface area contributed by atoms with Crippen molar-refractivity contribution in [2.24, 2.45) is 0 Å². The SMILES string of the molecule is CCCC1NC(CCC)N(C2CCOC2C)C1=O. The molecule has 1 N–H and O–H groups in total. The van der Waals surface area contributed by atoms with Crippen molar-refractivity contribution in [2.75, 3.05) is 6.61 Å². The van der Waals surface area contributed by atoms with Gasteiger partial charge in [-0.1, -0.05) is 26.7 Å². The number of nitrogens with zero attached hydrogens (tertiary/aromatic N) is 1. The fourth-order valence-corrected chi connectivity index (χ4v) is 3.19. The summed E-state index contributed by atoms with van der Waals surface area (Å²) in [6.45, 7) is 7.17. The minimum atomic E-state index is 0.0272. The molecule has 18 heavy (non-hydrogen) atoms. The van der Waals surface area contributed by atoms with Gasteiger partial charge in [-0.3, -0.25) is 10.1 Å². The van der Waals surface area contributed by atoms with Crippen LogP contribution in [0, 0.1) is 0 Å². The van der Waals surface area contributed by atoms with Gasteiger partial charge in [-0.05, 0) is 26.2 Å². The van der Waals surface area contributed by atoms with Crippen molar-refractivity contribution >= 4 is 5.91 Å². The molecule has 2 aliphatic heterocycles. The molecule has 0 aromatic carbocycles. The van der Waals surface area contributed by atoms with Crippen LogP contribution in [0.25, 0.3) is 0 Å². The Morgan fingerprint density at radius 2 is 2.06 bits per heavy atom. The van der Waals surface area contributed by atoms with E-state index in [0.29, 0.717) is 0 Å². The van der Waals surface area contributed by atoms with Gasteiger partial charge in [0.1, 0.15) is 0 Å². The minimum absolute atomic E-state index is 0.0272. The average molecular weight is 254 g/mol. The smallest absolute Gasteiger partial charge is 0.241 e. The number of carbonyl (C=O) groups excluding carboxylic acids is 1. The lowest BCUT2D eigenvalue weighted by atomic mass is 10.1. The van der Waals surface area contributed by atoms with Gasteiger partial charge in [-0.25, -0.2) is 0 Å². The standard InChI is InChI=1S/C14H26N2O2/c1-4-6-11-14(17)16(13(15-11)7-5-2)12-8-9-18-10(12)3/h10-13,15H,4-9H2,1-3H3. The van der Waals surface area contributed by atoms with Gasteiger partial charge in [0.15, 0.2) is 0 Å². The van der Waals surface area contributed by atoms with Crippen molar-refractivity contribution in [1.82, 2.24) is 10.2 Å². The summed E-state index contributed by atoms with van der Waals surface area (Å²) in [6, 6.07) is 0.294. The molecule has 4 atom stereocenters. The molecule has 2 rings (SSSR count). The molecule has 4 heteroatoms. The summed E-state index contributed by atoms with van der Waals surface area (Å²) in [6.07, 6.45) is 5.50. The van der Waals surface area contributed by atoms with Crippen molar-refractivity contribution in [2.45, 2.75) is 77.2 Å². The third-order valence-electron chi connectivity index (χ3n) is 4.11. The second kappa shape index (κ2) is 6.02. The first-order valence-electron chi connectivity index (χ1n) is 7.38. The van der Waals surface area contributed by atoms with Gasteiger partial charge in [0.2, 0.25) is 5.91 Å². The lowest BCUT2D eigenvalue weighted by molar-refractivity contribution is -0.133. The zero-order chi connectivity index (χ0) is 13.1. The number of hydrogen-bond donors (Lipinski definition) is 1. The lowest BCUT2D eigenvalue weighted by Crippen LogP contribution is -2.47. The van der Waals surface area contributed by atoms with E-state index in [4.69, 9.17) is 4.74 Å². The molecule has 0 aromatic rings. The summed E-state index contributed by atoms with van der Waals surface area (Å²) < 4.78 is 5.63. The van der Waals surface area contributed by atoms with E-state index in [0.717, 1.165) is 38.7 Å². The molecule has 0 bridgehead atoms. The molecular weight excluding hydrogens is 228 g/mol. The van der Waals surface area contributed by atoms with Crippen LogP contribution in [-0.4, -0.2) is 41.8 Å². The van der Waals surface area contributed by atoms with E-state index in [9.17, 15) is 4.79 Å². The normalized spacial score (nSPS) is 36.6. The fraction of sp³-hybridized carbons (Fsp3) is 0.929. The summed E-state index contributed by atoms with van der Waals surface area (Å²) in [4.78, 5) is 14.6. The lowest BCUT2D eigenvalue weighted by Gasteiger charge is -2.31. The maximum atomic E-state index is 12.5. The van der Waals surface area contributed by atoms with Crippen LogP contribution in [0.5, 0.6) is 0 Å². The molecule has 1 amide bonds. The Morgan fingerprint density at radius 1 is 1.33 bits per heavy atom. The van der Waals surface area contributed by atoms with Crippen molar-refractivity contribution in [3.05, 3.63) is 0 Å². The Bertz CT molecular complexity index is 296. The van der Waals surface area contributed by atoms with Crippen LogP contribution in [0.1, 0.15) is 52.9 Å². The average Bonchev–Trinajstić information content (AvgIpc) is 2.86. The Balaban J connectivity index is 2.10. The van der Waals surface area contributed by atoms with Crippen molar-refractivity contribution in [1.29, 1.82) is 0 Å². The van der Waals surface area contributed by atoms with E-state index >= 15 is 0 Å². The number of carbonyl (C=O) groups is 1. The zero-order valence-corrected chi connectivity index (χ0v) is 11.8. The third kappa shape index (κ3) is 2.54. The zero-order valence-electron chi connectivity index (χ0n) is 11.8. The molecule has 0 aromatic heterocycles. The first-order valence-corrected chi connectivity index (χ1v) is 7.38. The Hall–Kier alpha value is -0.610. The largest absolute Gasteiger partial charge is 0.376 e. The Labute approximate surface area is 110 Å². The van der Waals surface area contributed by atoms with Crippen LogP contribution in [0.15, 0.2) is 0 Å². The number of ether oxygens (including phenoxy) is 1. The van der Waals surface area contributed by atoms with Crippen LogP contribution >= 0.6 is 0 Å². The predicted octanol–water partition coefficient (Wildman–Crippen LogP) is 1.89. The van der Waals surface area contributed by atoms with Crippen LogP contribution in [-0.2, 0) is 9.53 Å². The highest BCUT2D eigenvalue weighted by molar-refractivity contribution is 5.84. The maximum Gasteiger partial charge on any atom is 0.241 e. The summed E-state index contributed by atoms with van der Waals surface area (Å²) in [5.41, 5.74) is 0. The second-order valence-electron chi connectivity index (χ2n) is 5.49. The number of amides is 1. The number of hydrogen-bond acceptors (Lipinski definition) is 3. The highest BCUT2D eigenvalue weighted by Crippen LogP contribution is 2.27. The van der Waals surface area contributed by atoms with Gasteiger partial charge in [0.05, 0.1) is 24.4 Å². The molecular formula is C14H26N2O2. The first kappa shape index (κ1) is 13.8. The van der Waals surface area contributed by atoms with Crippen molar-refractivity contribution in [3.8, 4) is 0 Å². The maximum absolute atomic E-state index is 12.5. The molecule has 4 nitrogen and oxygen atoms in total. The molecule has 104 valence electrons. The van der Waals surface area contributed by atoms with E-state index in [-0.39, 0.29) is 30.3 Å². The van der Waals surface area contributed by atoms with Crippen LogP contribution in [0.3, 0.4) is 0 Å². The topological polar surface area (TPSA) is 41.6 Å². The van der Waals surface area contributed by atoms with E-state index in [1.54, 1.807) is 0 Å². The summed E-state index contributed by atoms with van der Waals surface area (Å²) in [7, 11) is 0. The summed E-state index contributed by atoms with van der Waals surface area (Å²) in [5, 5.41) is 3.51. The summed E-state index contributed by atoms with van der Waals surface area (Å²) in [5.74, 6) is 0.289. The molecule has 0 spiro atoms. The number of nitrogens with one attached hydrogen (secondary N) is 1. The molecule has 2 heterocycles. The fourth-order valence-electron chi connectivity index (χ4n) is 3.19. The van der Waals surface area contributed by atoms with Crippen molar-refractivity contribution < 1.29 is 9.53 Å². The van der Waals surface area contributed by atoms with Crippen LogP contribution in [0.2, 0.25) is 0 Å². The Kier molecular flexibility index (Phi) is 4.62. The second-order valence-corrected chi connectivity index (χ2v) is 5.49. The minimum Gasteiger partial charge on any atom is -0.376 e. The van der Waals surface area contributed by atoms with Gasteiger partial charge >= 0.3 is 0 Å². The van der Waals surface area contributed by atoms with E-state index in [1.807, 2.05) is 0 Å². The molecule has 0 aliphatic carbocycles. The van der Waals surface area contributed by atoms with Crippen molar-refractivity contribution in [3.63, 3.8) is 0 Å². The molecule has 0 saturated carbocycles. The highest BCUT2D eigenvalue weighted by Gasteiger charge is 2.44. The molecule has 4 unspecified atom stereocenters. The van der Waals surface area contributed by atoms with Crippen LogP contribution in [0.4, 0.5) is 0 Å². The third-order valence-corrected chi connectivity index (χ3v) is 4.11. The van der Waals surface area contributed by atoms with Gasteiger partial charge in [-0.15, -0.1) is 0 Å². The van der Waals surface area contributed by atoms with Gasteiger partial charge < -0.3 is 9.64 Å². The number of rotatable bonds is 5. The Morgan fingerprint density at radius 3 is 2.61 bits per heavy atom. The molecule has 2 aliphatic rings. The monoisotopic (exact) mass is 254 g/mol. The first-order chi connectivity index (χ1) is 8.69. The molecule has 2 fully saturated rings. The van der Waals surface area contributed by atoms with E-state index in [2.05, 4.69) is 31.0 Å². The summed E-state index contributed by atoms with van der Waals surface area (Å²) >= 11 is 0.